The predicted molar refractivity (Wildman–Crippen MR) is 64.8 cm³/mol. The molecule has 3 heteroatoms. The van der Waals surface area contributed by atoms with E-state index in [2.05, 4.69) is 69.7 Å². The number of benzene rings is 1. The largest absolute Gasteiger partial charge is 0.0791 e. The highest BCUT2D eigenvalue weighted by Crippen LogP contribution is 2.22. The maximum atomic E-state index is 3.60. The van der Waals surface area contributed by atoms with Crippen molar-refractivity contribution >= 4 is 45.1 Å². The highest BCUT2D eigenvalue weighted by molar-refractivity contribution is 9.13. The monoisotopic (exact) mass is 306 g/mol. The molecular formula is C9H12Br2Si. The molecule has 0 atom stereocenters. The lowest BCUT2D eigenvalue weighted by molar-refractivity contribution is 1.59. The minimum absolute atomic E-state index is 1.16. The van der Waals surface area contributed by atoms with Crippen LogP contribution in [-0.2, 0) is 0 Å². The first-order valence-corrected chi connectivity index (χ1v) is 8.96. The average Bonchev–Trinajstić information content (AvgIpc) is 1.92. The van der Waals surface area contributed by atoms with Crippen LogP contribution in [0, 0.1) is 0 Å². The van der Waals surface area contributed by atoms with Crippen molar-refractivity contribution in [2.45, 2.75) is 19.6 Å². The molecule has 0 unspecified atom stereocenters. The third kappa shape index (κ3) is 2.21. The molecule has 0 aromatic heterocycles. The van der Waals surface area contributed by atoms with E-state index in [1.807, 2.05) is 0 Å². The average molecular weight is 308 g/mol. The van der Waals surface area contributed by atoms with Crippen molar-refractivity contribution in [1.29, 1.82) is 0 Å². The van der Waals surface area contributed by atoms with Crippen LogP contribution >= 0.6 is 31.9 Å². The van der Waals surface area contributed by atoms with Gasteiger partial charge in [-0.15, -0.1) is 0 Å². The fraction of sp³-hybridized carbons (Fsp3) is 0.333. The molecule has 12 heavy (non-hydrogen) atoms. The summed E-state index contributed by atoms with van der Waals surface area (Å²) in [6, 6.07) is 6.37. The van der Waals surface area contributed by atoms with Gasteiger partial charge in [0, 0.05) is 8.95 Å². The van der Waals surface area contributed by atoms with Gasteiger partial charge in [0.15, 0.2) is 0 Å². The molecule has 0 amide bonds. The second-order valence-corrected chi connectivity index (χ2v) is 10.5. The van der Waals surface area contributed by atoms with Crippen molar-refractivity contribution in [3.05, 3.63) is 27.1 Å². The van der Waals surface area contributed by atoms with Gasteiger partial charge in [-0.2, -0.15) is 0 Å². The molecule has 0 saturated carbocycles. The van der Waals surface area contributed by atoms with Crippen LogP contribution in [0.2, 0.25) is 19.6 Å². The van der Waals surface area contributed by atoms with Crippen LogP contribution in [0.4, 0.5) is 0 Å². The SMILES string of the molecule is C[Si](C)(C)c1cccc(Br)c1Br. The van der Waals surface area contributed by atoms with Gasteiger partial charge in [0.05, 0.1) is 8.07 Å². The zero-order chi connectivity index (χ0) is 9.35. The molecule has 0 heterocycles. The molecule has 0 spiro atoms. The number of hydrogen-bond donors (Lipinski definition) is 0. The molecule has 1 aromatic rings. The van der Waals surface area contributed by atoms with Crippen molar-refractivity contribution in [3.8, 4) is 0 Å². The Bertz CT molecular complexity index is 289. The van der Waals surface area contributed by atoms with E-state index >= 15 is 0 Å². The number of hydrogen-bond acceptors (Lipinski definition) is 0. The van der Waals surface area contributed by atoms with E-state index in [9.17, 15) is 0 Å². The van der Waals surface area contributed by atoms with Crippen molar-refractivity contribution in [3.63, 3.8) is 0 Å². The predicted octanol–water partition coefficient (Wildman–Crippen LogP) is 3.76. The second-order valence-electron chi connectivity index (χ2n) is 3.85. The van der Waals surface area contributed by atoms with Crippen LogP contribution < -0.4 is 5.19 Å². The Morgan fingerprint density at radius 1 is 1.08 bits per heavy atom. The van der Waals surface area contributed by atoms with Gasteiger partial charge in [0.1, 0.15) is 0 Å². The molecule has 0 fully saturated rings. The van der Waals surface area contributed by atoms with Gasteiger partial charge >= 0.3 is 0 Å². The van der Waals surface area contributed by atoms with Gasteiger partial charge in [-0.25, -0.2) is 0 Å². The third-order valence-electron chi connectivity index (χ3n) is 1.76. The van der Waals surface area contributed by atoms with E-state index < -0.39 is 8.07 Å². The molecule has 0 bridgehead atoms. The smallest absolute Gasteiger partial charge is 0.0656 e. The minimum atomic E-state index is -1.19. The summed E-state index contributed by atoms with van der Waals surface area (Å²) in [6.07, 6.45) is 0. The van der Waals surface area contributed by atoms with Crippen molar-refractivity contribution in [2.24, 2.45) is 0 Å². The van der Waals surface area contributed by atoms with E-state index in [0.29, 0.717) is 0 Å². The summed E-state index contributed by atoms with van der Waals surface area (Å²) in [5.74, 6) is 0. The standard InChI is InChI=1S/C9H12Br2Si/c1-12(2,3)8-6-4-5-7(10)9(8)11/h4-6H,1-3H3. The molecule has 0 N–H and O–H groups in total. The van der Waals surface area contributed by atoms with E-state index in [0.717, 1.165) is 4.47 Å². The lowest BCUT2D eigenvalue weighted by Gasteiger charge is -2.18. The molecule has 0 aliphatic heterocycles. The van der Waals surface area contributed by atoms with Crippen LogP contribution in [0.3, 0.4) is 0 Å². The van der Waals surface area contributed by atoms with Crippen LogP contribution in [0.25, 0.3) is 0 Å². The molecule has 0 saturated heterocycles. The molecule has 0 aliphatic carbocycles. The van der Waals surface area contributed by atoms with Crippen molar-refractivity contribution < 1.29 is 0 Å². The molecule has 1 aromatic carbocycles. The zero-order valence-corrected chi connectivity index (χ0v) is 11.7. The van der Waals surface area contributed by atoms with Crippen molar-refractivity contribution in [2.75, 3.05) is 0 Å². The Morgan fingerprint density at radius 2 is 1.67 bits per heavy atom. The Labute approximate surface area is 91.6 Å². The van der Waals surface area contributed by atoms with Crippen LogP contribution in [0.15, 0.2) is 27.1 Å². The summed E-state index contributed by atoms with van der Waals surface area (Å²) in [5, 5.41) is 1.47. The molecule has 0 nitrogen and oxygen atoms in total. The lowest BCUT2D eigenvalue weighted by atomic mass is 10.4. The minimum Gasteiger partial charge on any atom is -0.0656 e. The van der Waals surface area contributed by atoms with Crippen LogP contribution in [0.5, 0.6) is 0 Å². The summed E-state index contributed by atoms with van der Waals surface area (Å²) in [7, 11) is -1.19. The fourth-order valence-electron chi connectivity index (χ4n) is 1.08. The third-order valence-corrected chi connectivity index (χ3v) is 6.21. The summed E-state index contributed by atoms with van der Waals surface area (Å²) < 4.78 is 2.38. The number of halogens is 2. The summed E-state index contributed by atoms with van der Waals surface area (Å²) in [4.78, 5) is 0. The Hall–Kier alpha value is 0.397. The number of rotatable bonds is 1. The van der Waals surface area contributed by atoms with Crippen molar-refractivity contribution in [1.82, 2.24) is 0 Å². The van der Waals surface area contributed by atoms with Gasteiger partial charge in [-0.3, -0.25) is 0 Å². The lowest BCUT2D eigenvalue weighted by Crippen LogP contribution is -2.38. The first-order valence-electron chi connectivity index (χ1n) is 3.87. The molecule has 1 rings (SSSR count). The topological polar surface area (TPSA) is 0 Å². The maximum Gasteiger partial charge on any atom is 0.0791 e. The van der Waals surface area contributed by atoms with Crippen LogP contribution in [0.1, 0.15) is 0 Å². The Kier molecular flexibility index (Phi) is 3.18. The second kappa shape index (κ2) is 3.64. The highest BCUT2D eigenvalue weighted by atomic mass is 79.9. The first-order chi connectivity index (χ1) is 5.43. The van der Waals surface area contributed by atoms with Gasteiger partial charge in [-0.1, -0.05) is 31.8 Å². The van der Waals surface area contributed by atoms with Gasteiger partial charge in [0.25, 0.3) is 0 Å². The van der Waals surface area contributed by atoms with Crippen LogP contribution in [-0.4, -0.2) is 8.07 Å². The fourth-order valence-corrected chi connectivity index (χ4v) is 5.07. The molecular weight excluding hydrogens is 296 g/mol. The summed E-state index contributed by atoms with van der Waals surface area (Å²) in [6.45, 7) is 7.04. The summed E-state index contributed by atoms with van der Waals surface area (Å²) >= 11 is 7.12. The summed E-state index contributed by atoms with van der Waals surface area (Å²) in [5.41, 5.74) is 0. The first kappa shape index (κ1) is 10.5. The van der Waals surface area contributed by atoms with E-state index in [4.69, 9.17) is 0 Å². The zero-order valence-electron chi connectivity index (χ0n) is 7.49. The van der Waals surface area contributed by atoms with Gasteiger partial charge < -0.3 is 0 Å². The Morgan fingerprint density at radius 3 is 2.08 bits per heavy atom. The van der Waals surface area contributed by atoms with Gasteiger partial charge in [0.2, 0.25) is 0 Å². The highest BCUT2D eigenvalue weighted by Gasteiger charge is 2.19. The Balaban J connectivity index is 3.26. The van der Waals surface area contributed by atoms with E-state index in [1.54, 1.807) is 0 Å². The van der Waals surface area contributed by atoms with E-state index in [-0.39, 0.29) is 0 Å². The van der Waals surface area contributed by atoms with E-state index in [1.165, 1.54) is 9.66 Å². The normalized spacial score (nSPS) is 11.8. The molecule has 66 valence electrons. The maximum absolute atomic E-state index is 3.60. The molecule has 0 radical (unpaired) electrons. The quantitative estimate of drug-likeness (QED) is 0.693. The molecule has 0 aliphatic rings. The van der Waals surface area contributed by atoms with Gasteiger partial charge in [-0.05, 0) is 43.1 Å².